The molecule has 0 radical (unpaired) electrons. The molecule has 0 heterocycles. The molecule has 0 aliphatic heterocycles. The van der Waals surface area contributed by atoms with Crippen LogP contribution in [-0.2, 0) is 14.3 Å². The zero-order chi connectivity index (χ0) is 8.69. The number of carbonyl (C=O) groups excluding carboxylic acids is 2. The molecule has 0 fully saturated rings. The number of carbonyl (C=O) groups is 1. The molecule has 11 heavy (non-hydrogen) atoms. The Balaban J connectivity index is 3.59. The van der Waals surface area contributed by atoms with Gasteiger partial charge in [0.15, 0.2) is 0 Å². The largest absolute Gasteiger partial charge is 0.468 e. The van der Waals surface area contributed by atoms with E-state index >= 15 is 0 Å². The predicted molar refractivity (Wildman–Crippen MR) is 37.6 cm³/mol. The van der Waals surface area contributed by atoms with E-state index < -0.39 is 12.0 Å². The van der Waals surface area contributed by atoms with Crippen molar-refractivity contribution >= 4 is 12.0 Å². The molecular weight excluding hydrogens is 148 g/mol. The average Bonchev–Trinajstić information content (AvgIpc) is 2.03. The first-order valence-electron chi connectivity index (χ1n) is 3.09. The van der Waals surface area contributed by atoms with E-state index in [0.29, 0.717) is 6.42 Å². The third kappa shape index (κ3) is 4.25. The normalized spacial score (nSPS) is 11.5. The van der Waals surface area contributed by atoms with Crippen molar-refractivity contribution in [2.45, 2.75) is 12.5 Å². The number of ether oxygens (including phenoxy) is 1. The summed E-state index contributed by atoms with van der Waals surface area (Å²) in [5, 5.41) is 0. The number of aliphatic imine (C=N–C) groups is 1. The molecule has 0 aliphatic carbocycles. The Bertz CT molecular complexity index is 175. The van der Waals surface area contributed by atoms with Crippen molar-refractivity contribution in [2.75, 3.05) is 13.7 Å². The number of isocyanates is 1. The Morgan fingerprint density at radius 2 is 2.45 bits per heavy atom. The van der Waals surface area contributed by atoms with Gasteiger partial charge in [-0.05, 0) is 6.42 Å². The fourth-order valence-electron chi connectivity index (χ4n) is 0.519. The van der Waals surface area contributed by atoms with Gasteiger partial charge in [0.2, 0.25) is 6.08 Å². The summed E-state index contributed by atoms with van der Waals surface area (Å²) in [6.45, 7) is 0.208. The molecule has 0 unspecified atom stereocenters. The number of nitrogens with two attached hydrogens (primary N) is 1. The van der Waals surface area contributed by atoms with Crippen LogP contribution < -0.4 is 5.73 Å². The van der Waals surface area contributed by atoms with Crippen LogP contribution >= 0.6 is 0 Å². The number of rotatable bonds is 4. The maximum Gasteiger partial charge on any atom is 0.322 e. The molecule has 0 rings (SSSR count). The van der Waals surface area contributed by atoms with Gasteiger partial charge in [-0.3, -0.25) is 4.79 Å². The van der Waals surface area contributed by atoms with E-state index in [1.165, 1.54) is 13.2 Å². The van der Waals surface area contributed by atoms with Crippen molar-refractivity contribution in [1.29, 1.82) is 0 Å². The maximum absolute atomic E-state index is 10.6. The zero-order valence-corrected chi connectivity index (χ0v) is 6.24. The summed E-state index contributed by atoms with van der Waals surface area (Å²) in [5.41, 5.74) is 5.30. The lowest BCUT2D eigenvalue weighted by Crippen LogP contribution is -2.32. The first-order valence-corrected chi connectivity index (χ1v) is 3.09. The van der Waals surface area contributed by atoms with Gasteiger partial charge in [0.05, 0.1) is 13.7 Å². The predicted octanol–water partition coefficient (Wildman–Crippen LogP) is -0.787. The highest BCUT2D eigenvalue weighted by Gasteiger charge is 2.11. The highest BCUT2D eigenvalue weighted by atomic mass is 16.5. The number of hydrogen-bond acceptors (Lipinski definition) is 5. The van der Waals surface area contributed by atoms with Crippen molar-refractivity contribution in [3.63, 3.8) is 0 Å². The third-order valence-electron chi connectivity index (χ3n) is 1.12. The molecule has 0 bridgehead atoms. The molecule has 5 nitrogen and oxygen atoms in total. The topological polar surface area (TPSA) is 81.8 Å². The Hall–Kier alpha value is -1.19. The van der Waals surface area contributed by atoms with Gasteiger partial charge in [-0.1, -0.05) is 0 Å². The Kier molecular flexibility index (Phi) is 4.98. The van der Waals surface area contributed by atoms with Gasteiger partial charge in [-0.15, -0.1) is 0 Å². The summed E-state index contributed by atoms with van der Waals surface area (Å²) >= 11 is 0. The molecule has 2 N–H and O–H groups in total. The van der Waals surface area contributed by atoms with Crippen LogP contribution in [0.1, 0.15) is 6.42 Å². The van der Waals surface area contributed by atoms with Crippen LogP contribution in [-0.4, -0.2) is 31.7 Å². The van der Waals surface area contributed by atoms with E-state index in [2.05, 4.69) is 9.73 Å². The number of nitrogens with zero attached hydrogens (tertiary/aromatic N) is 1. The highest BCUT2D eigenvalue weighted by Crippen LogP contribution is 1.90. The van der Waals surface area contributed by atoms with Crippen LogP contribution in [0.25, 0.3) is 0 Å². The molecule has 0 aromatic carbocycles. The molecule has 5 heteroatoms. The van der Waals surface area contributed by atoms with Gasteiger partial charge in [-0.25, -0.2) is 9.79 Å². The molecule has 0 saturated carbocycles. The molecule has 62 valence electrons. The summed E-state index contributed by atoms with van der Waals surface area (Å²) < 4.78 is 4.34. The van der Waals surface area contributed by atoms with Gasteiger partial charge >= 0.3 is 5.97 Å². The van der Waals surface area contributed by atoms with Gasteiger partial charge < -0.3 is 10.5 Å². The fraction of sp³-hybridized carbons (Fsp3) is 0.667. The minimum atomic E-state index is -0.697. The second kappa shape index (κ2) is 5.58. The minimum absolute atomic E-state index is 0.208. The smallest absolute Gasteiger partial charge is 0.322 e. The van der Waals surface area contributed by atoms with Crippen LogP contribution in [0.4, 0.5) is 0 Å². The van der Waals surface area contributed by atoms with Gasteiger partial charge in [-0.2, -0.15) is 0 Å². The number of esters is 1. The fourth-order valence-corrected chi connectivity index (χ4v) is 0.519. The molecule has 0 saturated heterocycles. The van der Waals surface area contributed by atoms with Crippen LogP contribution in [0, 0.1) is 0 Å². The molecule has 0 aromatic rings. The quantitative estimate of drug-likeness (QED) is 0.330. The maximum atomic E-state index is 10.6. The Morgan fingerprint density at radius 1 is 1.82 bits per heavy atom. The minimum Gasteiger partial charge on any atom is -0.468 e. The van der Waals surface area contributed by atoms with Crippen molar-refractivity contribution in [3.8, 4) is 0 Å². The second-order valence-electron chi connectivity index (χ2n) is 1.89. The van der Waals surface area contributed by atoms with Crippen molar-refractivity contribution in [2.24, 2.45) is 10.7 Å². The monoisotopic (exact) mass is 158 g/mol. The van der Waals surface area contributed by atoms with E-state index in [-0.39, 0.29) is 6.54 Å². The summed E-state index contributed by atoms with van der Waals surface area (Å²) in [4.78, 5) is 23.4. The highest BCUT2D eigenvalue weighted by molar-refractivity contribution is 5.75. The van der Waals surface area contributed by atoms with Crippen molar-refractivity contribution in [3.05, 3.63) is 0 Å². The van der Waals surface area contributed by atoms with Crippen LogP contribution in [0.2, 0.25) is 0 Å². The summed E-state index contributed by atoms with van der Waals surface area (Å²) in [6, 6.07) is -0.697. The second-order valence-corrected chi connectivity index (χ2v) is 1.89. The molecule has 0 aliphatic rings. The van der Waals surface area contributed by atoms with Crippen LogP contribution in [0.3, 0.4) is 0 Å². The van der Waals surface area contributed by atoms with E-state index in [1.807, 2.05) is 0 Å². The first-order chi connectivity index (χ1) is 5.22. The number of hydrogen-bond donors (Lipinski definition) is 1. The van der Waals surface area contributed by atoms with Gasteiger partial charge in [0.25, 0.3) is 0 Å². The lowest BCUT2D eigenvalue weighted by molar-refractivity contribution is -0.142. The summed E-state index contributed by atoms with van der Waals surface area (Å²) in [7, 11) is 1.26. The first kappa shape index (κ1) is 9.81. The SMILES string of the molecule is COC(=O)[C@@H](N)CCN=C=O. The van der Waals surface area contributed by atoms with E-state index in [1.54, 1.807) is 0 Å². The molecule has 0 aromatic heterocycles. The standard InChI is InChI=1S/C6H10N2O3/c1-11-6(10)5(7)2-3-8-4-9/h5H,2-3,7H2,1H3/t5-/m0/s1. The molecule has 0 spiro atoms. The summed E-state index contributed by atoms with van der Waals surface area (Å²) in [6.07, 6.45) is 1.65. The van der Waals surface area contributed by atoms with Crippen molar-refractivity contribution < 1.29 is 14.3 Å². The van der Waals surface area contributed by atoms with E-state index in [4.69, 9.17) is 5.73 Å². The van der Waals surface area contributed by atoms with Gasteiger partial charge in [0.1, 0.15) is 6.04 Å². The lowest BCUT2D eigenvalue weighted by Gasteiger charge is -2.05. The van der Waals surface area contributed by atoms with E-state index in [0.717, 1.165) is 0 Å². The molecule has 0 amide bonds. The Labute approximate surface area is 64.2 Å². The lowest BCUT2D eigenvalue weighted by atomic mass is 10.2. The number of methoxy groups -OCH3 is 1. The van der Waals surface area contributed by atoms with E-state index in [9.17, 15) is 9.59 Å². The van der Waals surface area contributed by atoms with Crippen LogP contribution in [0.5, 0.6) is 0 Å². The Morgan fingerprint density at radius 3 is 2.91 bits per heavy atom. The van der Waals surface area contributed by atoms with Gasteiger partial charge in [0, 0.05) is 0 Å². The summed E-state index contributed by atoms with van der Waals surface area (Å²) in [5.74, 6) is -0.494. The molecular formula is C6H10N2O3. The average molecular weight is 158 g/mol. The zero-order valence-electron chi connectivity index (χ0n) is 6.24. The molecule has 1 atom stereocenters. The van der Waals surface area contributed by atoms with Crippen LogP contribution in [0.15, 0.2) is 4.99 Å². The third-order valence-corrected chi connectivity index (χ3v) is 1.12. The van der Waals surface area contributed by atoms with Crippen molar-refractivity contribution in [1.82, 2.24) is 0 Å².